The van der Waals surface area contributed by atoms with Crippen LogP contribution in [0.1, 0.15) is 31.7 Å². The molecule has 0 aromatic heterocycles. The maximum atomic E-state index is 13.2. The highest BCUT2D eigenvalue weighted by molar-refractivity contribution is 9.10. The molecule has 0 amide bonds. The maximum Gasteiger partial charge on any atom is 0.124 e. The molecule has 0 heterocycles. The topological polar surface area (TPSA) is 12.0 Å². The van der Waals surface area contributed by atoms with Gasteiger partial charge in [-0.1, -0.05) is 22.9 Å². The third-order valence-electron chi connectivity index (χ3n) is 3.15. The predicted molar refractivity (Wildman–Crippen MR) is 72.6 cm³/mol. The summed E-state index contributed by atoms with van der Waals surface area (Å²) in [5.74, 6) is 0.438. The molecule has 17 heavy (non-hydrogen) atoms. The molecule has 0 spiro atoms. The summed E-state index contributed by atoms with van der Waals surface area (Å²) in [5.41, 5.74) is 1.08. The number of benzene rings is 1. The normalized spacial score (nSPS) is 17.1. The van der Waals surface area contributed by atoms with Crippen LogP contribution in [0.5, 0.6) is 0 Å². The van der Waals surface area contributed by atoms with Gasteiger partial charge in [0.25, 0.3) is 0 Å². The average molecular weight is 300 g/mol. The molecule has 1 unspecified atom stereocenters. The second-order valence-corrected chi connectivity index (χ2v) is 6.02. The van der Waals surface area contributed by atoms with E-state index in [1.54, 1.807) is 6.07 Å². The van der Waals surface area contributed by atoms with Crippen molar-refractivity contribution in [3.8, 4) is 0 Å². The fraction of sp³-hybridized carbons (Fsp3) is 0.571. The Labute approximate surface area is 111 Å². The molecule has 1 aromatic rings. The quantitative estimate of drug-likeness (QED) is 0.840. The minimum Gasteiger partial charge on any atom is -0.314 e. The molecule has 0 bridgehead atoms. The maximum absolute atomic E-state index is 13.2. The molecule has 1 nitrogen and oxygen atoms in total. The smallest absolute Gasteiger partial charge is 0.124 e. The van der Waals surface area contributed by atoms with Crippen molar-refractivity contribution >= 4 is 15.9 Å². The minimum absolute atomic E-state index is 0.155. The summed E-state index contributed by atoms with van der Waals surface area (Å²) in [6.45, 7) is 3.32. The Balaban J connectivity index is 1.77. The van der Waals surface area contributed by atoms with E-state index in [-0.39, 0.29) is 5.82 Å². The Morgan fingerprint density at radius 3 is 2.82 bits per heavy atom. The van der Waals surface area contributed by atoms with E-state index in [0.717, 1.165) is 35.5 Å². The molecule has 1 aromatic carbocycles. The summed E-state index contributed by atoms with van der Waals surface area (Å²) >= 11 is 3.33. The molecule has 0 radical (unpaired) electrons. The van der Waals surface area contributed by atoms with E-state index < -0.39 is 0 Å². The first-order valence-corrected chi connectivity index (χ1v) is 7.11. The average Bonchev–Trinajstić information content (AvgIpc) is 2.99. The molecule has 3 heteroatoms. The number of halogens is 2. The Kier molecular flexibility index (Phi) is 4.57. The second-order valence-electron chi connectivity index (χ2n) is 5.10. The van der Waals surface area contributed by atoms with Crippen molar-refractivity contribution in [2.75, 3.05) is 6.54 Å². The summed E-state index contributed by atoms with van der Waals surface area (Å²) in [6, 6.07) is 5.93. The van der Waals surface area contributed by atoms with Crippen LogP contribution < -0.4 is 5.32 Å². The zero-order valence-corrected chi connectivity index (χ0v) is 11.8. The van der Waals surface area contributed by atoms with Crippen LogP contribution in [0, 0.1) is 11.7 Å². The molecule has 1 aliphatic rings. The summed E-state index contributed by atoms with van der Waals surface area (Å²) in [5, 5.41) is 3.51. The van der Waals surface area contributed by atoms with Crippen molar-refractivity contribution in [2.24, 2.45) is 5.92 Å². The van der Waals surface area contributed by atoms with Gasteiger partial charge in [0.05, 0.1) is 0 Å². The van der Waals surface area contributed by atoms with Gasteiger partial charge in [-0.15, -0.1) is 0 Å². The van der Waals surface area contributed by atoms with Crippen LogP contribution in [-0.4, -0.2) is 12.6 Å². The number of nitrogens with one attached hydrogen (secondary N) is 1. The number of hydrogen-bond donors (Lipinski definition) is 1. The lowest BCUT2D eigenvalue weighted by Gasteiger charge is -2.12. The number of rotatable bonds is 6. The minimum atomic E-state index is -0.155. The molecule has 1 atom stereocenters. The fourth-order valence-electron chi connectivity index (χ4n) is 2.05. The van der Waals surface area contributed by atoms with E-state index in [1.165, 1.54) is 18.9 Å². The Morgan fingerprint density at radius 2 is 2.18 bits per heavy atom. The van der Waals surface area contributed by atoms with Crippen LogP contribution in [-0.2, 0) is 6.42 Å². The second kappa shape index (κ2) is 5.96. The molecular weight excluding hydrogens is 281 g/mol. The standard InChI is InChI=1S/C14H19BrFN/c1-10(4-5-17-14-2-3-14)6-11-7-12(15)9-13(16)8-11/h7-10,14,17H,2-6H2,1H3. The molecule has 94 valence electrons. The summed E-state index contributed by atoms with van der Waals surface area (Å²) in [4.78, 5) is 0. The summed E-state index contributed by atoms with van der Waals surface area (Å²) < 4.78 is 14.0. The van der Waals surface area contributed by atoms with E-state index in [1.807, 2.05) is 6.07 Å². The first-order valence-electron chi connectivity index (χ1n) is 6.32. The van der Waals surface area contributed by atoms with Crippen molar-refractivity contribution < 1.29 is 4.39 Å². The van der Waals surface area contributed by atoms with Gasteiger partial charge < -0.3 is 5.32 Å². The van der Waals surface area contributed by atoms with Gasteiger partial charge in [-0.05, 0) is 61.9 Å². The van der Waals surface area contributed by atoms with Gasteiger partial charge in [0.2, 0.25) is 0 Å². The summed E-state index contributed by atoms with van der Waals surface area (Å²) in [7, 11) is 0. The fourth-order valence-corrected chi connectivity index (χ4v) is 2.57. The van der Waals surface area contributed by atoms with Crippen molar-refractivity contribution in [3.63, 3.8) is 0 Å². The van der Waals surface area contributed by atoms with Crippen molar-refractivity contribution in [1.29, 1.82) is 0 Å². The lowest BCUT2D eigenvalue weighted by atomic mass is 9.98. The Morgan fingerprint density at radius 1 is 1.41 bits per heavy atom. The highest BCUT2D eigenvalue weighted by Gasteiger charge is 2.19. The van der Waals surface area contributed by atoms with E-state index in [9.17, 15) is 4.39 Å². The Bertz CT molecular complexity index is 356. The van der Waals surface area contributed by atoms with Crippen LogP contribution in [0.25, 0.3) is 0 Å². The molecule has 0 saturated heterocycles. The van der Waals surface area contributed by atoms with E-state index in [2.05, 4.69) is 28.2 Å². The van der Waals surface area contributed by atoms with Crippen molar-refractivity contribution in [1.82, 2.24) is 5.32 Å². The Hall–Kier alpha value is -0.410. The van der Waals surface area contributed by atoms with Crippen LogP contribution >= 0.6 is 15.9 Å². The zero-order chi connectivity index (χ0) is 12.3. The molecule has 1 fully saturated rings. The van der Waals surface area contributed by atoms with Gasteiger partial charge >= 0.3 is 0 Å². The lowest BCUT2D eigenvalue weighted by Crippen LogP contribution is -2.20. The predicted octanol–water partition coefficient (Wildman–Crippen LogP) is 3.91. The van der Waals surface area contributed by atoms with Crippen LogP contribution in [0.4, 0.5) is 4.39 Å². The third-order valence-corrected chi connectivity index (χ3v) is 3.61. The van der Waals surface area contributed by atoms with Crippen molar-refractivity contribution in [2.45, 2.75) is 38.6 Å². The molecule has 1 aliphatic carbocycles. The van der Waals surface area contributed by atoms with Gasteiger partial charge in [-0.3, -0.25) is 0 Å². The van der Waals surface area contributed by atoms with Gasteiger partial charge in [0.1, 0.15) is 5.82 Å². The lowest BCUT2D eigenvalue weighted by molar-refractivity contribution is 0.496. The highest BCUT2D eigenvalue weighted by Crippen LogP contribution is 2.20. The van der Waals surface area contributed by atoms with E-state index in [4.69, 9.17) is 0 Å². The third kappa shape index (κ3) is 4.76. The largest absolute Gasteiger partial charge is 0.314 e. The molecule has 0 aliphatic heterocycles. The van der Waals surface area contributed by atoms with Crippen molar-refractivity contribution in [3.05, 3.63) is 34.1 Å². The first kappa shape index (κ1) is 13.0. The van der Waals surface area contributed by atoms with Crippen LogP contribution in [0.2, 0.25) is 0 Å². The highest BCUT2D eigenvalue weighted by atomic mass is 79.9. The molecular formula is C14H19BrFN. The molecule has 1 saturated carbocycles. The molecule has 2 rings (SSSR count). The van der Waals surface area contributed by atoms with Crippen LogP contribution in [0.15, 0.2) is 22.7 Å². The monoisotopic (exact) mass is 299 g/mol. The van der Waals surface area contributed by atoms with E-state index >= 15 is 0 Å². The summed E-state index contributed by atoms with van der Waals surface area (Å²) in [6.07, 6.45) is 4.78. The van der Waals surface area contributed by atoms with E-state index in [0.29, 0.717) is 5.92 Å². The van der Waals surface area contributed by atoms with Crippen LogP contribution in [0.3, 0.4) is 0 Å². The number of hydrogen-bond acceptors (Lipinski definition) is 1. The van der Waals surface area contributed by atoms with Gasteiger partial charge in [0, 0.05) is 10.5 Å². The zero-order valence-electron chi connectivity index (χ0n) is 10.2. The SMILES string of the molecule is CC(CCNC1CC1)Cc1cc(F)cc(Br)c1. The van der Waals surface area contributed by atoms with Gasteiger partial charge in [0.15, 0.2) is 0 Å². The van der Waals surface area contributed by atoms with Gasteiger partial charge in [-0.25, -0.2) is 4.39 Å². The first-order chi connectivity index (χ1) is 8.13. The molecule has 1 N–H and O–H groups in total. The van der Waals surface area contributed by atoms with Gasteiger partial charge in [-0.2, -0.15) is 0 Å².